The van der Waals surface area contributed by atoms with Gasteiger partial charge in [0.15, 0.2) is 0 Å². The molecule has 0 N–H and O–H groups in total. The summed E-state index contributed by atoms with van der Waals surface area (Å²) < 4.78 is 7.91. The fraction of sp³-hybridized carbons (Fsp3) is 0.333. The van der Waals surface area contributed by atoms with Crippen molar-refractivity contribution >= 4 is 15.3 Å². The third-order valence-corrected chi connectivity index (χ3v) is 3.81. The Morgan fingerprint density at radius 1 is 1.35 bits per heavy atom. The summed E-state index contributed by atoms with van der Waals surface area (Å²) in [6.07, 6.45) is 3.64. The van der Waals surface area contributed by atoms with Gasteiger partial charge in [0, 0.05) is 24.5 Å². The van der Waals surface area contributed by atoms with E-state index < -0.39 is 9.04 Å². The Kier molecular flexibility index (Phi) is 4.73. The second-order valence-corrected chi connectivity index (χ2v) is 7.40. The minimum atomic E-state index is -1.09. The third kappa shape index (κ3) is 3.57. The smallest absolute Gasteiger partial charge is 0.229 e. The van der Waals surface area contributed by atoms with Crippen molar-refractivity contribution in [2.45, 2.75) is 26.6 Å². The highest BCUT2D eigenvalue weighted by Crippen LogP contribution is 2.19. The topological polar surface area (TPSA) is 39.4 Å². The van der Waals surface area contributed by atoms with E-state index in [1.54, 1.807) is 6.33 Å². The van der Waals surface area contributed by atoms with Crippen LogP contribution in [0.25, 0.3) is 0 Å². The first-order chi connectivity index (χ1) is 9.58. The first-order valence-corrected chi connectivity index (χ1v) is 9.58. The van der Waals surface area contributed by atoms with E-state index in [-0.39, 0.29) is 0 Å². The average molecular weight is 287 g/mol. The molecule has 0 unspecified atom stereocenters. The molecule has 0 aliphatic carbocycles. The van der Waals surface area contributed by atoms with Crippen molar-refractivity contribution in [3.8, 4) is 5.75 Å². The Morgan fingerprint density at radius 3 is 2.75 bits per heavy atom. The Bertz CT molecular complexity index is 605. The van der Waals surface area contributed by atoms with E-state index in [1.807, 2.05) is 43.0 Å². The number of hydrogen-bond acceptors (Lipinski definition) is 3. The molecule has 1 aromatic carbocycles. The highest BCUT2D eigenvalue weighted by molar-refractivity contribution is 6.49. The normalized spacial score (nSPS) is 11.4. The standard InChI is InChI=1S/C15H21N3OSi/c1-12-14(17-11-18(12)2)10-16-9-13-7-5-6-8-15(13)19-20(3)4/h5-8,10-11,20H,9H2,1-4H3. The van der Waals surface area contributed by atoms with Crippen LogP contribution in [-0.2, 0) is 13.6 Å². The van der Waals surface area contributed by atoms with Crippen molar-refractivity contribution < 1.29 is 4.43 Å². The van der Waals surface area contributed by atoms with Crippen molar-refractivity contribution in [1.29, 1.82) is 0 Å². The quantitative estimate of drug-likeness (QED) is 0.626. The monoisotopic (exact) mass is 287 g/mol. The van der Waals surface area contributed by atoms with E-state index in [0.717, 1.165) is 22.7 Å². The Morgan fingerprint density at radius 2 is 2.10 bits per heavy atom. The van der Waals surface area contributed by atoms with Gasteiger partial charge < -0.3 is 8.99 Å². The zero-order valence-electron chi connectivity index (χ0n) is 12.5. The molecule has 0 atom stereocenters. The molecular weight excluding hydrogens is 266 g/mol. The van der Waals surface area contributed by atoms with Crippen molar-refractivity contribution in [3.05, 3.63) is 47.5 Å². The SMILES string of the molecule is Cc1c(C=NCc2ccccc2O[SiH](C)C)ncn1C. The molecule has 0 aliphatic heterocycles. The predicted molar refractivity (Wildman–Crippen MR) is 85.2 cm³/mol. The summed E-state index contributed by atoms with van der Waals surface area (Å²) in [7, 11) is 0.891. The lowest BCUT2D eigenvalue weighted by Gasteiger charge is -2.12. The molecule has 0 fully saturated rings. The number of rotatable bonds is 5. The fourth-order valence-electron chi connectivity index (χ4n) is 1.87. The number of aliphatic imine (C=N–C) groups is 1. The molecule has 0 saturated heterocycles. The maximum Gasteiger partial charge on any atom is 0.229 e. The highest BCUT2D eigenvalue weighted by Gasteiger charge is 2.05. The molecule has 0 bridgehead atoms. The third-order valence-electron chi connectivity index (χ3n) is 3.08. The van der Waals surface area contributed by atoms with Crippen LogP contribution in [0.15, 0.2) is 35.6 Å². The van der Waals surface area contributed by atoms with Gasteiger partial charge in [0.1, 0.15) is 11.4 Å². The van der Waals surface area contributed by atoms with E-state index in [1.165, 1.54) is 0 Å². The summed E-state index contributed by atoms with van der Waals surface area (Å²) in [6, 6.07) is 8.10. The fourth-order valence-corrected chi connectivity index (χ4v) is 2.61. The number of benzene rings is 1. The molecule has 2 aromatic rings. The second kappa shape index (κ2) is 6.52. The Hall–Kier alpha value is -1.88. The molecule has 5 heteroatoms. The van der Waals surface area contributed by atoms with Crippen LogP contribution in [0.4, 0.5) is 0 Å². The summed E-state index contributed by atoms with van der Waals surface area (Å²) in [5, 5.41) is 0. The summed E-state index contributed by atoms with van der Waals surface area (Å²) >= 11 is 0. The van der Waals surface area contributed by atoms with Gasteiger partial charge in [0.05, 0.1) is 12.9 Å². The van der Waals surface area contributed by atoms with Gasteiger partial charge in [-0.3, -0.25) is 4.99 Å². The molecular formula is C15H21N3OSi. The van der Waals surface area contributed by atoms with Gasteiger partial charge in [0.2, 0.25) is 9.04 Å². The van der Waals surface area contributed by atoms with Crippen molar-refractivity contribution in [3.63, 3.8) is 0 Å². The molecule has 0 saturated carbocycles. The van der Waals surface area contributed by atoms with Gasteiger partial charge in [-0.05, 0) is 26.1 Å². The van der Waals surface area contributed by atoms with Gasteiger partial charge >= 0.3 is 0 Å². The number of aromatic nitrogens is 2. The van der Waals surface area contributed by atoms with E-state index in [2.05, 4.69) is 29.1 Å². The van der Waals surface area contributed by atoms with Gasteiger partial charge in [-0.25, -0.2) is 4.98 Å². The molecule has 0 amide bonds. The average Bonchev–Trinajstić information content (AvgIpc) is 2.72. The zero-order valence-corrected chi connectivity index (χ0v) is 13.7. The maximum atomic E-state index is 5.92. The molecule has 1 aromatic heterocycles. The van der Waals surface area contributed by atoms with Gasteiger partial charge in [-0.2, -0.15) is 0 Å². The molecule has 106 valence electrons. The summed E-state index contributed by atoms with van der Waals surface area (Å²) in [6.45, 7) is 6.98. The first kappa shape index (κ1) is 14.5. The van der Waals surface area contributed by atoms with Gasteiger partial charge in [-0.1, -0.05) is 18.2 Å². The predicted octanol–water partition coefficient (Wildman–Crippen LogP) is 2.71. The molecule has 0 radical (unpaired) electrons. The van der Waals surface area contributed by atoms with Crippen LogP contribution < -0.4 is 4.43 Å². The molecule has 0 aliphatic rings. The lowest BCUT2D eigenvalue weighted by atomic mass is 10.2. The zero-order chi connectivity index (χ0) is 14.5. The van der Waals surface area contributed by atoms with E-state index in [9.17, 15) is 0 Å². The Labute approximate surface area is 121 Å². The van der Waals surface area contributed by atoms with Crippen LogP contribution in [-0.4, -0.2) is 24.8 Å². The number of para-hydroxylation sites is 1. The molecule has 1 heterocycles. The van der Waals surface area contributed by atoms with Crippen molar-refractivity contribution in [2.24, 2.45) is 12.0 Å². The van der Waals surface area contributed by atoms with Crippen LogP contribution in [0.1, 0.15) is 17.0 Å². The van der Waals surface area contributed by atoms with Crippen LogP contribution in [0.5, 0.6) is 5.75 Å². The van der Waals surface area contributed by atoms with Crippen molar-refractivity contribution in [2.75, 3.05) is 0 Å². The van der Waals surface area contributed by atoms with E-state index in [4.69, 9.17) is 4.43 Å². The van der Waals surface area contributed by atoms with Crippen LogP contribution in [0.3, 0.4) is 0 Å². The molecule has 0 spiro atoms. The second-order valence-electron chi connectivity index (χ2n) is 5.07. The summed E-state index contributed by atoms with van der Waals surface area (Å²) in [5.41, 5.74) is 3.16. The van der Waals surface area contributed by atoms with Crippen LogP contribution in [0, 0.1) is 6.92 Å². The molecule has 4 nitrogen and oxygen atoms in total. The highest BCUT2D eigenvalue weighted by atomic mass is 28.3. The van der Waals surface area contributed by atoms with Gasteiger partial charge in [0.25, 0.3) is 0 Å². The van der Waals surface area contributed by atoms with E-state index >= 15 is 0 Å². The van der Waals surface area contributed by atoms with Crippen LogP contribution in [0.2, 0.25) is 13.1 Å². The number of nitrogens with zero attached hydrogens (tertiary/aromatic N) is 3. The lowest BCUT2D eigenvalue weighted by molar-refractivity contribution is 0.572. The van der Waals surface area contributed by atoms with Crippen LogP contribution >= 0.6 is 0 Å². The molecule has 2 rings (SSSR count). The number of imidazole rings is 1. The largest absolute Gasteiger partial charge is 0.547 e. The summed E-state index contributed by atoms with van der Waals surface area (Å²) in [4.78, 5) is 8.80. The Balaban J connectivity index is 2.09. The maximum absolute atomic E-state index is 5.92. The lowest BCUT2D eigenvalue weighted by Crippen LogP contribution is -2.12. The summed E-state index contributed by atoms with van der Waals surface area (Å²) in [5.74, 6) is 0.962. The van der Waals surface area contributed by atoms with Crippen molar-refractivity contribution in [1.82, 2.24) is 9.55 Å². The van der Waals surface area contributed by atoms with E-state index in [0.29, 0.717) is 6.54 Å². The molecule has 20 heavy (non-hydrogen) atoms. The minimum absolute atomic E-state index is 0.618. The number of hydrogen-bond donors (Lipinski definition) is 0. The van der Waals surface area contributed by atoms with Gasteiger partial charge in [-0.15, -0.1) is 0 Å². The number of aryl methyl sites for hydroxylation is 1. The minimum Gasteiger partial charge on any atom is -0.547 e. The first-order valence-electron chi connectivity index (χ1n) is 6.80.